The Bertz CT molecular complexity index is 676. The zero-order valence-corrected chi connectivity index (χ0v) is 12.9. The van der Waals surface area contributed by atoms with Crippen molar-refractivity contribution in [3.63, 3.8) is 0 Å². The average Bonchev–Trinajstić information content (AvgIpc) is 2.26. The molecule has 0 aromatic heterocycles. The lowest BCUT2D eigenvalue weighted by atomic mass is 10.2. The lowest BCUT2D eigenvalue weighted by Crippen LogP contribution is -2.36. The molecule has 0 unspecified atom stereocenters. The maximum Gasteiger partial charge on any atom is 0.340 e. The van der Waals surface area contributed by atoms with Crippen molar-refractivity contribution in [2.45, 2.75) is 6.92 Å². The van der Waals surface area contributed by atoms with Crippen LogP contribution in [0.25, 0.3) is 0 Å². The van der Waals surface area contributed by atoms with E-state index in [1.54, 1.807) is 6.92 Å². The molecular weight excluding hydrogens is 306 g/mol. The number of carbonyl (C=O) groups is 1. The van der Waals surface area contributed by atoms with E-state index in [0.29, 0.717) is 0 Å². The Morgan fingerprint density at radius 3 is 2.05 bits per heavy atom. The molecule has 0 atom stereocenters. The normalized spacial score (nSPS) is 11.9. The molecule has 0 aliphatic rings. The third-order valence-corrected chi connectivity index (χ3v) is 5.42. The number of sulfonamides is 2. The number of esters is 1. The Morgan fingerprint density at radius 1 is 1.10 bits per heavy atom. The summed E-state index contributed by atoms with van der Waals surface area (Å²) in [6.07, 6.45) is 1.49. The minimum absolute atomic E-state index is 0.0882. The molecule has 1 aromatic carbocycles. The molecule has 0 spiro atoms. The first-order valence-corrected chi connectivity index (χ1v) is 9.25. The van der Waals surface area contributed by atoms with Gasteiger partial charge in [-0.1, -0.05) is 12.1 Å². The summed E-state index contributed by atoms with van der Waals surface area (Å²) in [4.78, 5) is 11.8. The van der Waals surface area contributed by atoms with Gasteiger partial charge < -0.3 is 4.74 Å². The van der Waals surface area contributed by atoms with E-state index < -0.39 is 26.0 Å². The van der Waals surface area contributed by atoms with Crippen molar-refractivity contribution < 1.29 is 26.4 Å². The van der Waals surface area contributed by atoms with Crippen LogP contribution in [-0.4, -0.2) is 41.9 Å². The van der Waals surface area contributed by atoms with Crippen LogP contribution < -0.4 is 3.71 Å². The van der Waals surface area contributed by atoms with Gasteiger partial charge in [-0.15, -0.1) is 0 Å². The summed E-state index contributed by atoms with van der Waals surface area (Å²) in [6.45, 7) is 1.68. The Hall–Kier alpha value is -1.61. The van der Waals surface area contributed by atoms with Gasteiger partial charge in [0.15, 0.2) is 0 Å². The van der Waals surface area contributed by atoms with Crippen LogP contribution in [0.15, 0.2) is 24.3 Å². The molecule has 1 aromatic rings. The second kappa shape index (κ2) is 5.80. The molecule has 0 saturated carbocycles. The van der Waals surface area contributed by atoms with Crippen molar-refractivity contribution in [2.75, 3.05) is 22.8 Å². The number of ether oxygens (including phenoxy) is 1. The van der Waals surface area contributed by atoms with Gasteiger partial charge in [0.25, 0.3) is 0 Å². The van der Waals surface area contributed by atoms with Gasteiger partial charge in [0.05, 0.1) is 30.4 Å². The summed E-state index contributed by atoms with van der Waals surface area (Å²) in [7, 11) is -8.22. The summed E-state index contributed by atoms with van der Waals surface area (Å²) in [5.74, 6) is -0.791. The van der Waals surface area contributed by atoms with E-state index in [9.17, 15) is 21.6 Å². The van der Waals surface area contributed by atoms with E-state index in [2.05, 4.69) is 0 Å². The fraction of sp³-hybridized carbons (Fsp3) is 0.364. The lowest BCUT2D eigenvalue weighted by molar-refractivity contribution is 0.0527. The molecule has 0 fully saturated rings. The highest BCUT2D eigenvalue weighted by molar-refractivity contribution is 8.09. The van der Waals surface area contributed by atoms with Crippen LogP contribution in [0.4, 0.5) is 5.69 Å². The standard InChI is InChI=1S/C11H15NO6S2/c1-4-18-11(13)9-7-5-6-8-10(9)12(19(2,14)15)20(3,16)17/h5-8H,4H2,1-3H3. The summed E-state index contributed by atoms with van der Waals surface area (Å²) in [5.41, 5.74) is -0.388. The first-order valence-electron chi connectivity index (χ1n) is 5.55. The molecule has 112 valence electrons. The van der Waals surface area contributed by atoms with E-state index in [-0.39, 0.29) is 21.6 Å². The number of anilines is 1. The summed E-state index contributed by atoms with van der Waals surface area (Å²) in [5, 5.41) is 0. The molecule has 0 bridgehead atoms. The number of hydrogen-bond donors (Lipinski definition) is 0. The number of rotatable bonds is 5. The maximum atomic E-state index is 11.8. The van der Waals surface area contributed by atoms with E-state index in [4.69, 9.17) is 4.74 Å². The summed E-state index contributed by atoms with van der Waals surface area (Å²) >= 11 is 0. The molecule has 0 aliphatic heterocycles. The third kappa shape index (κ3) is 3.70. The molecule has 9 heteroatoms. The van der Waals surface area contributed by atoms with E-state index in [1.807, 2.05) is 0 Å². The fourth-order valence-corrected chi connectivity index (χ4v) is 4.62. The number of nitrogens with zero attached hydrogens (tertiary/aromatic N) is 1. The van der Waals surface area contributed by atoms with Crippen LogP contribution in [0, 0.1) is 0 Å². The van der Waals surface area contributed by atoms with E-state index in [1.165, 1.54) is 24.3 Å². The van der Waals surface area contributed by atoms with Gasteiger partial charge in [-0.05, 0) is 19.1 Å². The van der Waals surface area contributed by atoms with Gasteiger partial charge in [0, 0.05) is 0 Å². The number of para-hydroxylation sites is 1. The largest absolute Gasteiger partial charge is 0.462 e. The minimum Gasteiger partial charge on any atom is -0.462 e. The predicted molar refractivity (Wildman–Crippen MR) is 74.6 cm³/mol. The molecule has 0 radical (unpaired) electrons. The van der Waals surface area contributed by atoms with Gasteiger partial charge in [-0.3, -0.25) is 0 Å². The van der Waals surface area contributed by atoms with Gasteiger partial charge in [0.1, 0.15) is 0 Å². The molecule has 0 N–H and O–H groups in total. The number of hydrogen-bond acceptors (Lipinski definition) is 6. The molecular formula is C11H15NO6S2. The summed E-state index contributed by atoms with van der Waals surface area (Å²) < 4.78 is 51.8. The highest BCUT2D eigenvalue weighted by Gasteiger charge is 2.31. The van der Waals surface area contributed by atoms with Crippen LogP contribution in [-0.2, 0) is 24.8 Å². The van der Waals surface area contributed by atoms with Crippen molar-refractivity contribution in [1.29, 1.82) is 0 Å². The monoisotopic (exact) mass is 321 g/mol. The lowest BCUT2D eigenvalue weighted by Gasteiger charge is -2.21. The van der Waals surface area contributed by atoms with Crippen LogP contribution in [0.2, 0.25) is 0 Å². The Balaban J connectivity index is 3.55. The second-order valence-electron chi connectivity index (χ2n) is 3.96. The molecule has 0 amide bonds. The minimum atomic E-state index is -4.11. The molecule has 20 heavy (non-hydrogen) atoms. The van der Waals surface area contributed by atoms with Gasteiger partial charge >= 0.3 is 5.97 Å². The van der Waals surface area contributed by atoms with Crippen LogP contribution in [0.5, 0.6) is 0 Å². The van der Waals surface area contributed by atoms with Gasteiger partial charge in [0.2, 0.25) is 20.0 Å². The number of benzene rings is 1. The highest BCUT2D eigenvalue weighted by atomic mass is 32.3. The zero-order chi connectivity index (χ0) is 15.6. The fourth-order valence-electron chi connectivity index (χ4n) is 1.62. The Labute approximate surface area is 118 Å². The molecule has 1 rings (SSSR count). The molecule has 0 saturated heterocycles. The summed E-state index contributed by atoms with van der Waals surface area (Å²) in [6, 6.07) is 5.45. The van der Waals surface area contributed by atoms with Crippen molar-refractivity contribution in [2.24, 2.45) is 0 Å². The van der Waals surface area contributed by atoms with Crippen molar-refractivity contribution in [3.05, 3.63) is 29.8 Å². The van der Waals surface area contributed by atoms with Gasteiger partial charge in [-0.25, -0.2) is 21.6 Å². The SMILES string of the molecule is CCOC(=O)c1ccccc1N(S(C)(=O)=O)S(C)(=O)=O. The van der Waals surface area contributed by atoms with Crippen LogP contribution in [0.3, 0.4) is 0 Å². The van der Waals surface area contributed by atoms with Crippen LogP contribution >= 0.6 is 0 Å². The first kappa shape index (κ1) is 16.4. The van der Waals surface area contributed by atoms with Crippen molar-refractivity contribution >= 4 is 31.7 Å². The topological polar surface area (TPSA) is 97.8 Å². The molecule has 7 nitrogen and oxygen atoms in total. The first-order chi connectivity index (χ1) is 9.09. The average molecular weight is 321 g/mol. The Morgan fingerprint density at radius 2 is 1.60 bits per heavy atom. The van der Waals surface area contributed by atoms with Crippen LogP contribution in [0.1, 0.15) is 17.3 Å². The third-order valence-electron chi connectivity index (χ3n) is 2.20. The smallest absolute Gasteiger partial charge is 0.340 e. The van der Waals surface area contributed by atoms with Gasteiger partial charge in [-0.2, -0.15) is 3.71 Å². The second-order valence-corrected chi connectivity index (χ2v) is 7.85. The molecule has 0 aliphatic carbocycles. The Kier molecular flexibility index (Phi) is 4.77. The zero-order valence-electron chi connectivity index (χ0n) is 11.2. The van der Waals surface area contributed by atoms with Crippen molar-refractivity contribution in [3.8, 4) is 0 Å². The highest BCUT2D eigenvalue weighted by Crippen LogP contribution is 2.26. The maximum absolute atomic E-state index is 11.8. The van der Waals surface area contributed by atoms with E-state index in [0.717, 1.165) is 12.5 Å². The predicted octanol–water partition coefficient (Wildman–Crippen LogP) is 0.589. The molecule has 0 heterocycles. The van der Waals surface area contributed by atoms with Crippen molar-refractivity contribution in [1.82, 2.24) is 0 Å². The quantitative estimate of drug-likeness (QED) is 0.736. The van der Waals surface area contributed by atoms with E-state index >= 15 is 0 Å². The number of carbonyl (C=O) groups excluding carboxylic acids is 1.